The third-order valence-corrected chi connectivity index (χ3v) is 3.91. The van der Waals surface area contributed by atoms with Crippen molar-refractivity contribution >= 4 is 11.8 Å². The summed E-state index contributed by atoms with van der Waals surface area (Å²) >= 11 is 2.07. The zero-order valence-electron chi connectivity index (χ0n) is 10.3. The molecule has 0 amide bonds. The number of hydrogen-bond donors (Lipinski definition) is 1. The summed E-state index contributed by atoms with van der Waals surface area (Å²) < 4.78 is 0. The molecule has 1 aliphatic rings. The molecule has 1 heterocycles. The first kappa shape index (κ1) is 13.1. The summed E-state index contributed by atoms with van der Waals surface area (Å²) in [5, 5.41) is 3.41. The van der Waals surface area contributed by atoms with Crippen molar-refractivity contribution in [3.8, 4) is 0 Å². The van der Waals surface area contributed by atoms with E-state index in [2.05, 4.69) is 49.5 Å². The minimum atomic E-state index is 0.550. The fraction of sp³-hybridized carbons (Fsp3) is 0.833. The van der Waals surface area contributed by atoms with Crippen molar-refractivity contribution in [1.29, 1.82) is 0 Å². The van der Waals surface area contributed by atoms with Crippen LogP contribution in [0.3, 0.4) is 0 Å². The lowest BCUT2D eigenvalue weighted by atomic mass is 10.2. The molecule has 0 aromatic heterocycles. The van der Waals surface area contributed by atoms with Crippen LogP contribution in [-0.2, 0) is 0 Å². The van der Waals surface area contributed by atoms with Crippen molar-refractivity contribution in [3.05, 3.63) is 12.2 Å². The Hall–Kier alpha value is 0.0100. The van der Waals surface area contributed by atoms with Gasteiger partial charge in [0.15, 0.2) is 0 Å². The second-order valence-electron chi connectivity index (χ2n) is 4.72. The van der Waals surface area contributed by atoms with E-state index in [0.717, 1.165) is 19.1 Å². The number of thioether (sulfide) groups is 1. The maximum atomic E-state index is 4.13. The van der Waals surface area contributed by atoms with Crippen LogP contribution in [-0.4, -0.2) is 48.6 Å². The molecule has 3 heteroatoms. The highest BCUT2D eigenvalue weighted by atomic mass is 32.2. The first-order chi connectivity index (χ1) is 7.09. The summed E-state index contributed by atoms with van der Waals surface area (Å²) in [6.07, 6.45) is 1.34. The van der Waals surface area contributed by atoms with Gasteiger partial charge >= 0.3 is 0 Å². The van der Waals surface area contributed by atoms with Gasteiger partial charge in [0.25, 0.3) is 0 Å². The van der Waals surface area contributed by atoms with E-state index >= 15 is 0 Å². The number of rotatable bonds is 6. The van der Waals surface area contributed by atoms with Gasteiger partial charge in [-0.2, -0.15) is 11.8 Å². The molecule has 0 aromatic rings. The smallest absolute Gasteiger partial charge is 0.0203 e. The Bertz CT molecular complexity index is 198. The van der Waals surface area contributed by atoms with Gasteiger partial charge in [-0.3, -0.25) is 4.90 Å². The normalized spacial score (nSPS) is 21.5. The summed E-state index contributed by atoms with van der Waals surface area (Å²) in [6.45, 7) is 10.4. The molecule has 1 N–H and O–H groups in total. The van der Waals surface area contributed by atoms with Crippen molar-refractivity contribution < 1.29 is 0 Å². The van der Waals surface area contributed by atoms with E-state index in [1.165, 1.54) is 23.5 Å². The molecule has 2 nitrogen and oxygen atoms in total. The van der Waals surface area contributed by atoms with E-state index in [0.29, 0.717) is 6.04 Å². The third kappa shape index (κ3) is 5.05. The Morgan fingerprint density at radius 3 is 2.87 bits per heavy atom. The minimum Gasteiger partial charge on any atom is -0.311 e. The van der Waals surface area contributed by atoms with E-state index in [9.17, 15) is 0 Å². The highest BCUT2D eigenvalue weighted by Gasteiger charge is 2.19. The standard InChI is InChI=1S/C12H24N2S/c1-10(2)13-7-11(3)8-14(4)12-5-6-15-9-12/h10,12-13H,3,5-9H2,1-2,4H3. The van der Waals surface area contributed by atoms with Crippen LogP contribution in [0.15, 0.2) is 12.2 Å². The molecule has 1 fully saturated rings. The number of hydrogen-bond acceptors (Lipinski definition) is 3. The summed E-state index contributed by atoms with van der Waals surface area (Å²) in [6, 6.07) is 1.32. The molecule has 15 heavy (non-hydrogen) atoms. The highest BCUT2D eigenvalue weighted by molar-refractivity contribution is 7.99. The first-order valence-corrected chi connectivity index (χ1v) is 6.93. The Morgan fingerprint density at radius 1 is 1.60 bits per heavy atom. The lowest BCUT2D eigenvalue weighted by Crippen LogP contribution is -2.35. The first-order valence-electron chi connectivity index (χ1n) is 5.77. The Balaban J connectivity index is 2.18. The topological polar surface area (TPSA) is 15.3 Å². The number of nitrogens with one attached hydrogen (secondary N) is 1. The van der Waals surface area contributed by atoms with Crippen molar-refractivity contribution in [2.45, 2.75) is 32.4 Å². The van der Waals surface area contributed by atoms with E-state index in [-0.39, 0.29) is 0 Å². The van der Waals surface area contributed by atoms with Crippen molar-refractivity contribution in [3.63, 3.8) is 0 Å². The highest BCUT2D eigenvalue weighted by Crippen LogP contribution is 2.21. The molecular formula is C12H24N2S. The van der Waals surface area contributed by atoms with Gasteiger partial charge in [0, 0.05) is 30.9 Å². The Kier molecular flexibility index (Phi) is 5.72. The Morgan fingerprint density at radius 2 is 2.33 bits per heavy atom. The largest absolute Gasteiger partial charge is 0.311 e. The molecule has 88 valence electrons. The maximum Gasteiger partial charge on any atom is 0.0203 e. The molecule has 1 unspecified atom stereocenters. The second kappa shape index (κ2) is 6.56. The summed E-state index contributed by atoms with van der Waals surface area (Å²) in [5.41, 5.74) is 1.29. The van der Waals surface area contributed by atoms with Crippen LogP contribution in [0.2, 0.25) is 0 Å². The summed E-state index contributed by atoms with van der Waals surface area (Å²) in [7, 11) is 2.22. The van der Waals surface area contributed by atoms with Gasteiger partial charge in [-0.15, -0.1) is 0 Å². The van der Waals surface area contributed by atoms with Crippen LogP contribution in [0, 0.1) is 0 Å². The van der Waals surface area contributed by atoms with Gasteiger partial charge in [-0.1, -0.05) is 20.4 Å². The predicted octanol–water partition coefficient (Wildman–Crippen LogP) is 1.98. The molecule has 0 saturated carbocycles. The van der Waals surface area contributed by atoms with Gasteiger partial charge in [-0.05, 0) is 24.8 Å². The monoisotopic (exact) mass is 228 g/mol. The van der Waals surface area contributed by atoms with Crippen LogP contribution in [0.1, 0.15) is 20.3 Å². The molecule has 1 saturated heterocycles. The summed E-state index contributed by atoms with van der Waals surface area (Å²) in [5.74, 6) is 2.62. The Labute approximate surface area is 98.5 Å². The van der Waals surface area contributed by atoms with Gasteiger partial charge in [0.05, 0.1) is 0 Å². The summed E-state index contributed by atoms with van der Waals surface area (Å²) in [4.78, 5) is 2.45. The third-order valence-electron chi connectivity index (χ3n) is 2.76. The lowest BCUT2D eigenvalue weighted by molar-refractivity contribution is 0.282. The van der Waals surface area contributed by atoms with Crippen LogP contribution < -0.4 is 5.32 Å². The fourth-order valence-electron chi connectivity index (χ4n) is 1.76. The van der Waals surface area contributed by atoms with Crippen LogP contribution >= 0.6 is 11.8 Å². The molecule has 1 rings (SSSR count). The predicted molar refractivity (Wildman–Crippen MR) is 70.6 cm³/mol. The molecule has 0 aromatic carbocycles. The van der Waals surface area contributed by atoms with Crippen LogP contribution in [0.25, 0.3) is 0 Å². The molecule has 0 bridgehead atoms. The fourth-order valence-corrected chi connectivity index (χ4v) is 3.05. The zero-order valence-corrected chi connectivity index (χ0v) is 11.1. The molecular weight excluding hydrogens is 204 g/mol. The average molecular weight is 228 g/mol. The number of nitrogens with zero attached hydrogens (tertiary/aromatic N) is 1. The molecule has 1 atom stereocenters. The van der Waals surface area contributed by atoms with Gasteiger partial charge in [0.1, 0.15) is 0 Å². The molecule has 1 aliphatic heterocycles. The van der Waals surface area contributed by atoms with Crippen molar-refractivity contribution in [1.82, 2.24) is 10.2 Å². The molecule has 0 aliphatic carbocycles. The van der Waals surface area contributed by atoms with Crippen molar-refractivity contribution in [2.24, 2.45) is 0 Å². The van der Waals surface area contributed by atoms with E-state index in [4.69, 9.17) is 0 Å². The number of likely N-dealkylation sites (N-methyl/N-ethyl adjacent to an activating group) is 1. The molecule has 0 radical (unpaired) electrons. The maximum absolute atomic E-state index is 4.13. The second-order valence-corrected chi connectivity index (χ2v) is 5.87. The van der Waals surface area contributed by atoms with Crippen LogP contribution in [0.5, 0.6) is 0 Å². The van der Waals surface area contributed by atoms with Crippen LogP contribution in [0.4, 0.5) is 0 Å². The van der Waals surface area contributed by atoms with E-state index in [1.807, 2.05) is 0 Å². The lowest BCUT2D eigenvalue weighted by Gasteiger charge is -2.24. The molecule has 0 spiro atoms. The average Bonchev–Trinajstić information content (AvgIpc) is 2.67. The quantitative estimate of drug-likeness (QED) is 0.700. The van der Waals surface area contributed by atoms with E-state index in [1.54, 1.807) is 0 Å². The van der Waals surface area contributed by atoms with Gasteiger partial charge in [0.2, 0.25) is 0 Å². The zero-order chi connectivity index (χ0) is 11.3. The van der Waals surface area contributed by atoms with Gasteiger partial charge < -0.3 is 5.32 Å². The van der Waals surface area contributed by atoms with E-state index < -0.39 is 0 Å². The van der Waals surface area contributed by atoms with Gasteiger partial charge in [-0.25, -0.2) is 0 Å². The minimum absolute atomic E-state index is 0.550. The SMILES string of the molecule is C=C(CNC(C)C)CN(C)C1CCSC1. The van der Waals surface area contributed by atoms with Crippen molar-refractivity contribution in [2.75, 3.05) is 31.6 Å².